The summed E-state index contributed by atoms with van der Waals surface area (Å²) in [5, 5.41) is 41.1. The van der Waals surface area contributed by atoms with E-state index >= 15 is 0 Å². The fourth-order valence-electron chi connectivity index (χ4n) is 4.55. The molecule has 0 saturated heterocycles. The summed E-state index contributed by atoms with van der Waals surface area (Å²) in [5.74, 6) is 0.827. The molecule has 4 heteroatoms. The molecular weight excluding hydrogens is 508 g/mol. The van der Waals surface area contributed by atoms with Crippen LogP contribution >= 0.6 is 0 Å². The SMILES string of the molecule is CC.CC.CC.CC.Cc1cc(C(c2ccc(O)c(C)c2)(c2ccc(O)c(C)c2)c2ccc(O)c(C)c2)ccc1O. The van der Waals surface area contributed by atoms with Crippen LogP contribution in [0.25, 0.3) is 0 Å². The number of phenolic OH excluding ortho intramolecular Hbond substituents is 4. The minimum Gasteiger partial charge on any atom is -0.508 e. The second-order valence-corrected chi connectivity index (χ2v) is 8.76. The Balaban J connectivity index is 0.00000184. The predicted molar refractivity (Wildman–Crippen MR) is 176 cm³/mol. The molecular formula is C37H52O4. The molecule has 0 fully saturated rings. The van der Waals surface area contributed by atoms with Crippen molar-refractivity contribution in [3.8, 4) is 23.0 Å². The summed E-state index contributed by atoms with van der Waals surface area (Å²) in [6, 6.07) is 22.2. The van der Waals surface area contributed by atoms with Crippen molar-refractivity contribution in [2.24, 2.45) is 0 Å². The summed E-state index contributed by atoms with van der Waals surface area (Å²) < 4.78 is 0. The summed E-state index contributed by atoms with van der Waals surface area (Å²) in [6.07, 6.45) is 0. The molecule has 0 aliphatic heterocycles. The highest BCUT2D eigenvalue weighted by atomic mass is 16.3. The van der Waals surface area contributed by atoms with E-state index in [0.29, 0.717) is 0 Å². The quantitative estimate of drug-likeness (QED) is 0.187. The van der Waals surface area contributed by atoms with E-state index < -0.39 is 5.41 Å². The second-order valence-electron chi connectivity index (χ2n) is 8.76. The van der Waals surface area contributed by atoms with Crippen molar-refractivity contribution in [1.82, 2.24) is 0 Å². The van der Waals surface area contributed by atoms with Gasteiger partial charge in [-0.15, -0.1) is 0 Å². The minimum atomic E-state index is -0.839. The van der Waals surface area contributed by atoms with E-state index in [4.69, 9.17) is 0 Å². The molecule has 0 bridgehead atoms. The van der Waals surface area contributed by atoms with Crippen LogP contribution in [0, 0.1) is 27.7 Å². The van der Waals surface area contributed by atoms with Gasteiger partial charge in [-0.2, -0.15) is 0 Å². The van der Waals surface area contributed by atoms with Crippen molar-refractivity contribution in [3.05, 3.63) is 117 Å². The van der Waals surface area contributed by atoms with Crippen LogP contribution in [-0.2, 0) is 5.41 Å². The molecule has 4 rings (SSSR count). The largest absolute Gasteiger partial charge is 0.508 e. The fourth-order valence-corrected chi connectivity index (χ4v) is 4.55. The predicted octanol–water partition coefficient (Wildman–Crippen LogP) is 10.2. The highest BCUT2D eigenvalue weighted by Crippen LogP contribution is 2.48. The van der Waals surface area contributed by atoms with Crippen molar-refractivity contribution < 1.29 is 20.4 Å². The van der Waals surface area contributed by atoms with Gasteiger partial charge in [0.05, 0.1) is 5.41 Å². The number of rotatable bonds is 4. The third-order valence-corrected chi connectivity index (χ3v) is 6.52. The van der Waals surface area contributed by atoms with Crippen LogP contribution in [0.4, 0.5) is 0 Å². The van der Waals surface area contributed by atoms with Crippen LogP contribution < -0.4 is 0 Å². The van der Waals surface area contributed by atoms with E-state index in [0.717, 1.165) is 44.5 Å². The van der Waals surface area contributed by atoms with E-state index in [1.165, 1.54) is 0 Å². The van der Waals surface area contributed by atoms with Crippen molar-refractivity contribution >= 4 is 0 Å². The molecule has 4 aromatic carbocycles. The molecule has 4 N–H and O–H groups in total. The molecule has 0 aromatic heterocycles. The Kier molecular flexibility index (Phi) is 16.0. The molecule has 4 aromatic rings. The maximum atomic E-state index is 10.3. The molecule has 0 unspecified atom stereocenters. The molecule has 0 aliphatic rings. The van der Waals surface area contributed by atoms with Crippen LogP contribution in [-0.4, -0.2) is 20.4 Å². The Morgan fingerprint density at radius 1 is 0.341 bits per heavy atom. The lowest BCUT2D eigenvalue weighted by Gasteiger charge is -2.38. The summed E-state index contributed by atoms with van der Waals surface area (Å²) in [5.41, 5.74) is 5.76. The van der Waals surface area contributed by atoms with E-state index in [2.05, 4.69) is 0 Å². The highest BCUT2D eigenvalue weighted by molar-refractivity contribution is 5.64. The average molecular weight is 561 g/mol. The first-order valence-electron chi connectivity index (χ1n) is 14.8. The zero-order valence-electron chi connectivity index (χ0n) is 27.2. The molecule has 41 heavy (non-hydrogen) atoms. The van der Waals surface area contributed by atoms with Gasteiger partial charge in [-0.3, -0.25) is 0 Å². The standard InChI is InChI=1S/C29H28O4.4C2H6/c1-17-13-21(5-9-25(17)30)29(22-6-10-26(31)18(2)14-22,23-7-11-27(32)19(3)15-23)24-8-12-28(33)20(4)16-24;4*1-2/h5-16,30-33H,1-4H3;4*1-2H3. The van der Waals surface area contributed by atoms with Crippen molar-refractivity contribution in [2.75, 3.05) is 0 Å². The van der Waals surface area contributed by atoms with Crippen LogP contribution in [0.3, 0.4) is 0 Å². The fraction of sp³-hybridized carbons (Fsp3) is 0.351. The van der Waals surface area contributed by atoms with E-state index in [1.807, 2.05) is 132 Å². The highest BCUT2D eigenvalue weighted by Gasteiger charge is 2.39. The molecule has 0 aliphatic carbocycles. The molecule has 0 amide bonds. The Bertz CT molecular complexity index is 1140. The molecule has 0 atom stereocenters. The lowest BCUT2D eigenvalue weighted by atomic mass is 9.64. The maximum absolute atomic E-state index is 10.3. The Hall–Kier alpha value is -3.92. The molecule has 0 heterocycles. The smallest absolute Gasteiger partial charge is 0.118 e. The van der Waals surface area contributed by atoms with Crippen molar-refractivity contribution in [1.29, 1.82) is 0 Å². The number of hydrogen-bond acceptors (Lipinski definition) is 4. The summed E-state index contributed by atoms with van der Waals surface area (Å²) in [6.45, 7) is 23.4. The van der Waals surface area contributed by atoms with Gasteiger partial charge in [-0.25, -0.2) is 0 Å². The summed E-state index contributed by atoms with van der Waals surface area (Å²) in [7, 11) is 0. The molecule has 4 nitrogen and oxygen atoms in total. The molecule has 224 valence electrons. The number of phenols is 4. The molecule has 0 radical (unpaired) electrons. The maximum Gasteiger partial charge on any atom is 0.118 e. The monoisotopic (exact) mass is 560 g/mol. The van der Waals surface area contributed by atoms with Gasteiger partial charge in [0.2, 0.25) is 0 Å². The lowest BCUT2D eigenvalue weighted by Crippen LogP contribution is -2.31. The van der Waals surface area contributed by atoms with Gasteiger partial charge in [0, 0.05) is 0 Å². The van der Waals surface area contributed by atoms with Gasteiger partial charge < -0.3 is 20.4 Å². The number of aromatic hydroxyl groups is 4. The van der Waals surface area contributed by atoms with Crippen LogP contribution in [0.1, 0.15) is 99.9 Å². The molecule has 0 saturated carbocycles. The normalized spacial score (nSPS) is 9.85. The zero-order chi connectivity index (χ0) is 31.9. The van der Waals surface area contributed by atoms with E-state index in [-0.39, 0.29) is 23.0 Å². The molecule has 0 spiro atoms. The van der Waals surface area contributed by atoms with Gasteiger partial charge in [-0.1, -0.05) is 104 Å². The summed E-state index contributed by atoms with van der Waals surface area (Å²) >= 11 is 0. The van der Waals surface area contributed by atoms with E-state index in [9.17, 15) is 20.4 Å². The minimum absolute atomic E-state index is 0.207. The van der Waals surface area contributed by atoms with Crippen LogP contribution in [0.5, 0.6) is 23.0 Å². The third-order valence-electron chi connectivity index (χ3n) is 6.52. The second kappa shape index (κ2) is 17.7. The first-order chi connectivity index (χ1) is 19.6. The first-order valence-corrected chi connectivity index (χ1v) is 14.8. The Morgan fingerprint density at radius 3 is 0.659 bits per heavy atom. The number of hydrogen-bond donors (Lipinski definition) is 4. The van der Waals surface area contributed by atoms with Crippen molar-refractivity contribution in [2.45, 2.75) is 88.5 Å². The average Bonchev–Trinajstić information content (AvgIpc) is 3.00. The van der Waals surface area contributed by atoms with Gasteiger partial charge in [0.15, 0.2) is 0 Å². The van der Waals surface area contributed by atoms with Gasteiger partial charge in [-0.05, 0) is 96.5 Å². The lowest BCUT2D eigenvalue weighted by molar-refractivity contribution is 0.469. The third kappa shape index (κ3) is 8.07. The topological polar surface area (TPSA) is 80.9 Å². The number of benzene rings is 4. The number of aryl methyl sites for hydroxylation is 4. The van der Waals surface area contributed by atoms with Gasteiger partial charge in [0.25, 0.3) is 0 Å². The van der Waals surface area contributed by atoms with E-state index in [1.54, 1.807) is 24.3 Å². The van der Waals surface area contributed by atoms with Crippen molar-refractivity contribution in [3.63, 3.8) is 0 Å². The summed E-state index contributed by atoms with van der Waals surface area (Å²) in [4.78, 5) is 0. The van der Waals surface area contributed by atoms with Crippen LogP contribution in [0.2, 0.25) is 0 Å². The first kappa shape index (κ1) is 37.1. The van der Waals surface area contributed by atoms with Crippen LogP contribution in [0.15, 0.2) is 72.8 Å². The zero-order valence-corrected chi connectivity index (χ0v) is 27.2. The van der Waals surface area contributed by atoms with Gasteiger partial charge >= 0.3 is 0 Å². The Morgan fingerprint density at radius 2 is 0.512 bits per heavy atom. The van der Waals surface area contributed by atoms with Gasteiger partial charge in [0.1, 0.15) is 23.0 Å². The Labute approximate surface area is 249 Å².